The number of amides is 1. The maximum atomic E-state index is 13.3. The van der Waals surface area contributed by atoms with E-state index in [2.05, 4.69) is 10.4 Å². The molecular formula is C23H24Cl3N5O. The number of aromatic nitrogens is 3. The molecule has 2 aromatic heterocycles. The minimum atomic E-state index is -0.234. The summed E-state index contributed by atoms with van der Waals surface area (Å²) < 4.78 is 1.86. The SMILES string of the molecule is CCc1c(C(=O)NN2CCCCCC2)nc(-c2ccc(Cl)cc2Cl)n1-c1ccc(Cl)cn1. The molecule has 0 radical (unpaired) electrons. The number of pyridine rings is 1. The van der Waals surface area contributed by atoms with Crippen LogP contribution < -0.4 is 5.43 Å². The van der Waals surface area contributed by atoms with E-state index in [1.165, 1.54) is 12.8 Å². The molecule has 3 aromatic rings. The van der Waals surface area contributed by atoms with Crippen molar-refractivity contribution < 1.29 is 4.79 Å². The third kappa shape index (κ3) is 4.94. The van der Waals surface area contributed by atoms with Crippen molar-refractivity contribution >= 4 is 40.7 Å². The van der Waals surface area contributed by atoms with Crippen molar-refractivity contribution in [2.75, 3.05) is 13.1 Å². The topological polar surface area (TPSA) is 63.1 Å². The minimum Gasteiger partial charge on any atom is -0.283 e. The van der Waals surface area contributed by atoms with Crippen LogP contribution in [0.15, 0.2) is 36.5 Å². The average Bonchev–Trinajstić information content (AvgIpc) is 2.96. The summed E-state index contributed by atoms with van der Waals surface area (Å²) in [5.41, 5.74) is 4.81. The fourth-order valence-corrected chi connectivity index (χ4v) is 4.54. The average molecular weight is 493 g/mol. The van der Waals surface area contributed by atoms with Crippen LogP contribution in [0.1, 0.15) is 48.8 Å². The van der Waals surface area contributed by atoms with Gasteiger partial charge in [0.1, 0.15) is 11.6 Å². The van der Waals surface area contributed by atoms with Crippen LogP contribution in [0, 0.1) is 0 Å². The molecule has 1 aromatic carbocycles. The Hall–Kier alpha value is -2.12. The van der Waals surface area contributed by atoms with Gasteiger partial charge in [0.2, 0.25) is 0 Å². The first-order valence-corrected chi connectivity index (χ1v) is 11.9. The van der Waals surface area contributed by atoms with Gasteiger partial charge in [0.15, 0.2) is 5.69 Å². The van der Waals surface area contributed by atoms with E-state index in [4.69, 9.17) is 39.8 Å². The van der Waals surface area contributed by atoms with Gasteiger partial charge in [-0.25, -0.2) is 15.0 Å². The molecule has 1 aliphatic rings. The quantitative estimate of drug-likeness (QED) is 0.476. The number of rotatable bonds is 5. The van der Waals surface area contributed by atoms with Crippen molar-refractivity contribution in [1.29, 1.82) is 0 Å². The summed E-state index contributed by atoms with van der Waals surface area (Å²) >= 11 is 18.7. The highest BCUT2D eigenvalue weighted by Crippen LogP contribution is 2.33. The van der Waals surface area contributed by atoms with E-state index in [9.17, 15) is 4.79 Å². The second-order valence-electron chi connectivity index (χ2n) is 7.72. The highest BCUT2D eigenvalue weighted by molar-refractivity contribution is 6.36. The van der Waals surface area contributed by atoms with Crippen molar-refractivity contribution in [3.8, 4) is 17.2 Å². The van der Waals surface area contributed by atoms with E-state index in [1.807, 2.05) is 16.5 Å². The lowest BCUT2D eigenvalue weighted by Crippen LogP contribution is -2.43. The van der Waals surface area contributed by atoms with E-state index in [-0.39, 0.29) is 5.91 Å². The number of carbonyl (C=O) groups is 1. The van der Waals surface area contributed by atoms with Gasteiger partial charge >= 0.3 is 0 Å². The fraction of sp³-hybridized carbons (Fsp3) is 0.348. The van der Waals surface area contributed by atoms with Crippen LogP contribution in [-0.4, -0.2) is 38.5 Å². The molecule has 6 nitrogen and oxygen atoms in total. The monoisotopic (exact) mass is 491 g/mol. The van der Waals surface area contributed by atoms with Gasteiger partial charge in [-0.05, 0) is 49.6 Å². The van der Waals surface area contributed by atoms with Crippen LogP contribution in [0.2, 0.25) is 15.1 Å². The Kier molecular flexibility index (Phi) is 7.36. The van der Waals surface area contributed by atoms with E-state index < -0.39 is 0 Å². The maximum absolute atomic E-state index is 13.3. The van der Waals surface area contributed by atoms with Crippen molar-refractivity contribution in [3.63, 3.8) is 0 Å². The summed E-state index contributed by atoms with van der Waals surface area (Å²) in [6.45, 7) is 3.66. The Morgan fingerprint density at radius 1 is 1.03 bits per heavy atom. The Morgan fingerprint density at radius 3 is 2.38 bits per heavy atom. The minimum absolute atomic E-state index is 0.234. The van der Waals surface area contributed by atoms with Gasteiger partial charge in [-0.15, -0.1) is 0 Å². The van der Waals surface area contributed by atoms with E-state index >= 15 is 0 Å². The number of nitrogens with zero attached hydrogens (tertiary/aromatic N) is 4. The predicted molar refractivity (Wildman–Crippen MR) is 129 cm³/mol. The van der Waals surface area contributed by atoms with Crippen molar-refractivity contribution in [3.05, 3.63) is 63.0 Å². The first-order chi connectivity index (χ1) is 15.5. The number of carbonyl (C=O) groups excluding carboxylic acids is 1. The second kappa shape index (κ2) is 10.2. The first kappa shape index (κ1) is 23.1. The normalized spacial score (nSPS) is 14.9. The number of nitrogens with one attached hydrogen (secondary N) is 1. The molecule has 0 unspecified atom stereocenters. The highest BCUT2D eigenvalue weighted by Gasteiger charge is 2.26. The fourth-order valence-electron chi connectivity index (χ4n) is 3.94. The summed E-state index contributed by atoms with van der Waals surface area (Å²) in [6, 6.07) is 8.77. The summed E-state index contributed by atoms with van der Waals surface area (Å²) in [7, 11) is 0. The molecule has 3 heterocycles. The molecule has 1 aliphatic heterocycles. The molecule has 1 N–H and O–H groups in total. The molecule has 0 aliphatic carbocycles. The molecule has 0 spiro atoms. The Bertz CT molecular complexity index is 1110. The summed E-state index contributed by atoms with van der Waals surface area (Å²) in [6.07, 6.45) is 6.64. The van der Waals surface area contributed by atoms with E-state index in [0.29, 0.717) is 44.4 Å². The Balaban J connectivity index is 1.82. The van der Waals surface area contributed by atoms with Crippen LogP contribution in [0.25, 0.3) is 17.2 Å². The molecule has 1 saturated heterocycles. The van der Waals surface area contributed by atoms with Gasteiger partial charge in [0.25, 0.3) is 5.91 Å². The van der Waals surface area contributed by atoms with Gasteiger partial charge in [0.05, 0.1) is 15.7 Å². The van der Waals surface area contributed by atoms with Gasteiger partial charge in [0, 0.05) is 29.9 Å². The van der Waals surface area contributed by atoms with Crippen molar-refractivity contribution in [1.82, 2.24) is 25.0 Å². The number of halogens is 3. The number of imidazole rings is 1. The van der Waals surface area contributed by atoms with Crippen LogP contribution in [0.5, 0.6) is 0 Å². The zero-order valence-corrected chi connectivity index (χ0v) is 20.0. The molecule has 168 valence electrons. The standard InChI is InChI=1S/C23H24Cl3N5O/c1-2-19-21(23(32)29-30-11-5-3-4-6-12-30)28-22(17-9-7-15(24)13-18(17)26)31(19)20-10-8-16(25)14-27-20/h7-10,13-14H,2-6,11-12H2,1H3,(H,29,32). The van der Waals surface area contributed by atoms with Crippen LogP contribution in [0.3, 0.4) is 0 Å². The van der Waals surface area contributed by atoms with Gasteiger partial charge < -0.3 is 0 Å². The Morgan fingerprint density at radius 2 is 1.75 bits per heavy atom. The number of hydrazine groups is 1. The highest BCUT2D eigenvalue weighted by atomic mass is 35.5. The molecule has 9 heteroatoms. The molecule has 4 rings (SSSR count). The summed E-state index contributed by atoms with van der Waals surface area (Å²) in [5, 5.41) is 3.48. The molecule has 1 fully saturated rings. The first-order valence-electron chi connectivity index (χ1n) is 10.7. The molecular weight excluding hydrogens is 469 g/mol. The third-order valence-corrected chi connectivity index (χ3v) is 6.27. The van der Waals surface area contributed by atoms with Gasteiger partial charge in [-0.1, -0.05) is 54.6 Å². The molecule has 0 atom stereocenters. The number of benzene rings is 1. The van der Waals surface area contributed by atoms with Gasteiger partial charge in [-0.3, -0.25) is 14.8 Å². The van der Waals surface area contributed by atoms with E-state index in [1.54, 1.807) is 36.5 Å². The molecule has 0 bridgehead atoms. The maximum Gasteiger partial charge on any atom is 0.286 e. The zero-order chi connectivity index (χ0) is 22.7. The lowest BCUT2D eigenvalue weighted by atomic mass is 10.2. The van der Waals surface area contributed by atoms with E-state index in [0.717, 1.165) is 31.6 Å². The number of hydrogen-bond donors (Lipinski definition) is 1. The summed E-state index contributed by atoms with van der Waals surface area (Å²) in [4.78, 5) is 22.5. The number of hydrogen-bond acceptors (Lipinski definition) is 4. The lowest BCUT2D eigenvalue weighted by molar-refractivity contribution is 0.0788. The van der Waals surface area contributed by atoms with Crippen LogP contribution in [0.4, 0.5) is 0 Å². The zero-order valence-electron chi connectivity index (χ0n) is 17.7. The molecule has 32 heavy (non-hydrogen) atoms. The van der Waals surface area contributed by atoms with Crippen LogP contribution >= 0.6 is 34.8 Å². The third-order valence-electron chi connectivity index (χ3n) is 5.50. The van der Waals surface area contributed by atoms with Crippen molar-refractivity contribution in [2.45, 2.75) is 39.0 Å². The molecule has 0 saturated carbocycles. The molecule has 1 amide bonds. The van der Waals surface area contributed by atoms with Gasteiger partial charge in [-0.2, -0.15) is 0 Å². The summed E-state index contributed by atoms with van der Waals surface area (Å²) in [5.74, 6) is 0.899. The smallest absolute Gasteiger partial charge is 0.283 e. The van der Waals surface area contributed by atoms with Crippen molar-refractivity contribution in [2.24, 2.45) is 0 Å². The lowest BCUT2D eigenvalue weighted by Gasteiger charge is -2.20. The predicted octanol–water partition coefficient (Wildman–Crippen LogP) is 5.98. The second-order valence-corrected chi connectivity index (χ2v) is 9.00. The largest absolute Gasteiger partial charge is 0.286 e. The van der Waals surface area contributed by atoms with Crippen LogP contribution in [-0.2, 0) is 6.42 Å². The Labute approximate surface area is 202 Å².